The topological polar surface area (TPSA) is 4.93 Å². The van der Waals surface area contributed by atoms with Crippen LogP contribution >= 0.6 is 0 Å². The summed E-state index contributed by atoms with van der Waals surface area (Å²) < 4.78 is 2.56. The van der Waals surface area contributed by atoms with Gasteiger partial charge in [-0.3, -0.25) is 0 Å². The van der Waals surface area contributed by atoms with Gasteiger partial charge in [0.2, 0.25) is 0 Å². The molecule has 0 amide bonds. The summed E-state index contributed by atoms with van der Waals surface area (Å²) in [6.07, 6.45) is 18.1. The third-order valence-electron chi connectivity index (χ3n) is 10.5. The van der Waals surface area contributed by atoms with Crippen LogP contribution in [0.1, 0.15) is 54.9 Å². The molecule has 1 heteroatoms. The fraction of sp³-hybridized carbons (Fsp3) is 0.136. The first-order valence-corrected chi connectivity index (χ1v) is 16.3. The Hall–Kier alpha value is -5.14. The fourth-order valence-corrected chi connectivity index (χ4v) is 8.64. The van der Waals surface area contributed by atoms with Crippen molar-refractivity contribution in [1.82, 2.24) is 4.57 Å². The number of fused-ring (bicyclic) bond motifs is 8. The highest BCUT2D eigenvalue weighted by Crippen LogP contribution is 2.63. The lowest BCUT2D eigenvalue weighted by atomic mass is 9.60. The van der Waals surface area contributed by atoms with Gasteiger partial charge in [0.15, 0.2) is 0 Å². The number of hydrogen-bond donors (Lipinski definition) is 0. The summed E-state index contributed by atoms with van der Waals surface area (Å²) in [5.41, 5.74) is 16.7. The standard InChI is InChI=1S/C44H35N/c1-29(31-16-5-3-6-17-31)28-36-33-20-9-11-23-37(33)44(42(36)30(2)32-18-7-4-8-19-32)38-24-12-14-27-41(38)45-40-26-13-10-21-34(40)35-22-15-25-39(44)43(35)45/h3-7,9-11,13-18,20-23,25-28H,2,8,12,19,24H2,1H3/b29-28+. The molecular formula is C44H35N. The molecule has 0 N–H and O–H groups in total. The Bertz CT molecular complexity index is 2270. The van der Waals surface area contributed by atoms with E-state index < -0.39 is 5.41 Å². The van der Waals surface area contributed by atoms with Crippen molar-refractivity contribution in [1.29, 1.82) is 0 Å². The Kier molecular flexibility index (Phi) is 5.80. The van der Waals surface area contributed by atoms with E-state index in [9.17, 15) is 0 Å². The zero-order chi connectivity index (χ0) is 30.1. The first-order chi connectivity index (χ1) is 22.2. The van der Waals surface area contributed by atoms with Crippen LogP contribution in [0.25, 0.3) is 38.6 Å². The zero-order valence-corrected chi connectivity index (χ0v) is 25.7. The number of benzene rings is 4. The molecule has 1 spiro atoms. The van der Waals surface area contributed by atoms with Gasteiger partial charge >= 0.3 is 0 Å². The summed E-state index contributed by atoms with van der Waals surface area (Å²) in [5, 5.41) is 2.63. The van der Waals surface area contributed by atoms with Crippen LogP contribution < -0.4 is 0 Å². The lowest BCUT2D eigenvalue weighted by Crippen LogP contribution is -2.36. The van der Waals surface area contributed by atoms with Crippen molar-refractivity contribution >= 4 is 38.6 Å². The third kappa shape index (κ3) is 3.56. The molecule has 4 aromatic carbocycles. The first kappa shape index (κ1) is 26.3. The highest BCUT2D eigenvalue weighted by atomic mass is 15.0. The van der Waals surface area contributed by atoms with Crippen LogP contribution in [0, 0.1) is 0 Å². The van der Waals surface area contributed by atoms with Crippen molar-refractivity contribution in [2.24, 2.45) is 0 Å². The van der Waals surface area contributed by atoms with E-state index in [4.69, 9.17) is 6.58 Å². The van der Waals surface area contributed by atoms with Crippen LogP contribution in [0.5, 0.6) is 0 Å². The van der Waals surface area contributed by atoms with Crippen molar-refractivity contribution in [3.63, 3.8) is 0 Å². The van der Waals surface area contributed by atoms with E-state index in [0.717, 1.165) is 25.7 Å². The number of allylic oxidation sites excluding steroid dienone is 13. The van der Waals surface area contributed by atoms with Gasteiger partial charge in [0.25, 0.3) is 0 Å². The second-order valence-electron chi connectivity index (χ2n) is 12.8. The quantitative estimate of drug-likeness (QED) is 0.200. The molecule has 1 aromatic heterocycles. The van der Waals surface area contributed by atoms with E-state index in [1.54, 1.807) is 0 Å². The highest BCUT2D eigenvalue weighted by molar-refractivity contribution is 6.14. The molecule has 0 radical (unpaired) electrons. The molecular weight excluding hydrogens is 542 g/mol. The first-order valence-electron chi connectivity index (χ1n) is 16.3. The van der Waals surface area contributed by atoms with Gasteiger partial charge in [0.1, 0.15) is 0 Å². The highest BCUT2D eigenvalue weighted by Gasteiger charge is 2.53. The van der Waals surface area contributed by atoms with Gasteiger partial charge in [-0.1, -0.05) is 128 Å². The minimum Gasteiger partial charge on any atom is -0.309 e. The second kappa shape index (κ2) is 9.94. The van der Waals surface area contributed by atoms with Gasteiger partial charge in [-0.25, -0.2) is 0 Å². The Labute approximate surface area is 265 Å². The molecule has 0 saturated heterocycles. The Morgan fingerprint density at radius 1 is 0.778 bits per heavy atom. The van der Waals surface area contributed by atoms with Gasteiger partial charge in [0.05, 0.1) is 16.4 Å². The molecule has 2 heterocycles. The largest absolute Gasteiger partial charge is 0.309 e. The van der Waals surface area contributed by atoms with Gasteiger partial charge in [-0.05, 0) is 100 Å². The molecule has 45 heavy (non-hydrogen) atoms. The number of rotatable bonds is 4. The SMILES string of the molecule is C=C(C1=CC=CCC1)C1=C(/C=C(\C)c2ccccc2)c2ccccc2C12C1=C(C=CCC1)n1c3ccccc3c3cccc2c31. The van der Waals surface area contributed by atoms with Crippen molar-refractivity contribution in [3.8, 4) is 0 Å². The smallest absolute Gasteiger partial charge is 0.0723 e. The van der Waals surface area contributed by atoms with E-state index in [2.05, 4.69) is 145 Å². The van der Waals surface area contributed by atoms with Crippen LogP contribution in [0.4, 0.5) is 0 Å². The molecule has 1 unspecified atom stereocenters. The normalized spacial score (nSPS) is 20.3. The second-order valence-corrected chi connectivity index (χ2v) is 12.8. The monoisotopic (exact) mass is 577 g/mol. The molecule has 4 aliphatic rings. The molecule has 0 fully saturated rings. The van der Waals surface area contributed by atoms with E-state index in [0.29, 0.717) is 0 Å². The average Bonchev–Trinajstić information content (AvgIpc) is 3.59. The maximum absolute atomic E-state index is 4.99. The number of nitrogens with zero attached hydrogens (tertiary/aromatic N) is 1. The Morgan fingerprint density at radius 2 is 1.53 bits per heavy atom. The van der Waals surface area contributed by atoms with E-state index in [-0.39, 0.29) is 0 Å². The van der Waals surface area contributed by atoms with Gasteiger partial charge in [0, 0.05) is 16.5 Å². The zero-order valence-electron chi connectivity index (χ0n) is 25.7. The number of hydrogen-bond acceptors (Lipinski definition) is 0. The summed E-state index contributed by atoms with van der Waals surface area (Å²) in [5.74, 6) is 0. The summed E-state index contributed by atoms with van der Waals surface area (Å²) in [6.45, 7) is 7.24. The molecule has 0 saturated carbocycles. The van der Waals surface area contributed by atoms with Crippen molar-refractivity contribution < 1.29 is 0 Å². The van der Waals surface area contributed by atoms with Crippen LogP contribution in [0.2, 0.25) is 0 Å². The Balaban J connectivity index is 1.47. The van der Waals surface area contributed by atoms with Crippen LogP contribution in [-0.2, 0) is 5.41 Å². The fourth-order valence-electron chi connectivity index (χ4n) is 8.64. The molecule has 3 aliphatic carbocycles. The molecule has 9 rings (SSSR count). The molecule has 5 aromatic rings. The molecule has 216 valence electrons. The number of para-hydroxylation sites is 2. The van der Waals surface area contributed by atoms with E-state index in [1.165, 1.54) is 83.2 Å². The van der Waals surface area contributed by atoms with Crippen molar-refractivity contribution in [2.45, 2.75) is 38.0 Å². The van der Waals surface area contributed by atoms with Crippen LogP contribution in [0.3, 0.4) is 0 Å². The molecule has 1 aliphatic heterocycles. The molecule has 0 bridgehead atoms. The average molecular weight is 578 g/mol. The molecule has 1 nitrogen and oxygen atoms in total. The predicted molar refractivity (Wildman–Crippen MR) is 191 cm³/mol. The third-order valence-corrected chi connectivity index (χ3v) is 10.5. The predicted octanol–water partition coefficient (Wildman–Crippen LogP) is 11.4. The van der Waals surface area contributed by atoms with E-state index in [1.807, 2.05) is 0 Å². The summed E-state index contributed by atoms with van der Waals surface area (Å²) in [6, 6.07) is 36.0. The summed E-state index contributed by atoms with van der Waals surface area (Å²) in [7, 11) is 0. The van der Waals surface area contributed by atoms with Crippen molar-refractivity contribution in [2.75, 3.05) is 0 Å². The maximum atomic E-state index is 4.99. The van der Waals surface area contributed by atoms with Gasteiger partial charge in [-0.2, -0.15) is 0 Å². The van der Waals surface area contributed by atoms with Crippen LogP contribution in [-0.4, -0.2) is 4.57 Å². The van der Waals surface area contributed by atoms with Crippen LogP contribution in [0.15, 0.2) is 162 Å². The number of aromatic nitrogens is 1. The summed E-state index contributed by atoms with van der Waals surface area (Å²) >= 11 is 0. The minimum atomic E-state index is -0.442. The minimum absolute atomic E-state index is 0.442. The summed E-state index contributed by atoms with van der Waals surface area (Å²) in [4.78, 5) is 0. The Morgan fingerprint density at radius 3 is 2.40 bits per heavy atom. The lowest BCUT2D eigenvalue weighted by Gasteiger charge is -2.44. The maximum Gasteiger partial charge on any atom is 0.0723 e. The van der Waals surface area contributed by atoms with Crippen molar-refractivity contribution in [3.05, 3.63) is 185 Å². The van der Waals surface area contributed by atoms with E-state index >= 15 is 0 Å². The van der Waals surface area contributed by atoms with Gasteiger partial charge < -0.3 is 4.57 Å². The van der Waals surface area contributed by atoms with Gasteiger partial charge in [-0.15, -0.1) is 0 Å². The lowest BCUT2D eigenvalue weighted by molar-refractivity contribution is 0.671. The molecule has 1 atom stereocenters.